The molecule has 52 heavy (non-hydrogen) atoms. The predicted octanol–water partition coefficient (Wildman–Crippen LogP) is 11.6. The molecule has 0 spiro atoms. The summed E-state index contributed by atoms with van der Waals surface area (Å²) in [6.07, 6.45) is 0. The number of benzene rings is 6. The number of hydrogen-bond acceptors (Lipinski definition) is 8. The lowest BCUT2D eigenvalue weighted by atomic mass is 10.0. The van der Waals surface area contributed by atoms with Crippen molar-refractivity contribution in [2.75, 3.05) is 0 Å². The van der Waals surface area contributed by atoms with E-state index < -0.39 is 0 Å². The number of nitrogens with zero attached hydrogens (tertiary/aromatic N) is 6. The molecule has 10 rings (SSSR count). The first-order valence-corrected chi connectivity index (χ1v) is 18.5. The van der Waals surface area contributed by atoms with E-state index in [-0.39, 0.29) is 0 Å². The average Bonchev–Trinajstić information content (AvgIpc) is 3.92. The summed E-state index contributed by atoms with van der Waals surface area (Å²) in [6, 6.07) is 54.4. The van der Waals surface area contributed by atoms with Crippen molar-refractivity contribution in [3.05, 3.63) is 158 Å². The Labute approximate surface area is 306 Å². The monoisotopic (exact) mass is 702 g/mol. The van der Waals surface area contributed by atoms with Crippen molar-refractivity contribution in [1.82, 2.24) is 30.4 Å². The van der Waals surface area contributed by atoms with Crippen molar-refractivity contribution < 1.29 is 0 Å². The predicted molar refractivity (Wildman–Crippen MR) is 214 cm³/mol. The van der Waals surface area contributed by atoms with Crippen molar-refractivity contribution in [2.24, 2.45) is 0 Å². The fourth-order valence-corrected chi connectivity index (χ4v) is 8.32. The maximum Gasteiger partial charge on any atom is 0.166 e. The Hall–Kier alpha value is -6.48. The van der Waals surface area contributed by atoms with Gasteiger partial charge in [-0.25, -0.2) is 9.97 Å². The van der Waals surface area contributed by atoms with Crippen LogP contribution in [-0.2, 0) is 0 Å². The molecule has 8 heteroatoms. The first-order chi connectivity index (χ1) is 25.7. The van der Waals surface area contributed by atoms with Gasteiger partial charge in [-0.05, 0) is 68.7 Å². The number of fused-ring (bicyclic) bond motifs is 3. The minimum Gasteiger partial charge on any atom is -0.245 e. The van der Waals surface area contributed by atoms with E-state index in [0.717, 1.165) is 75.8 Å². The molecule has 0 N–H and O–H groups in total. The third-order valence-corrected chi connectivity index (χ3v) is 11.2. The van der Waals surface area contributed by atoms with E-state index in [1.54, 1.807) is 22.7 Å². The first-order valence-electron chi connectivity index (χ1n) is 16.9. The highest BCUT2D eigenvalue weighted by molar-refractivity contribution is 7.18. The maximum absolute atomic E-state index is 5.01. The van der Waals surface area contributed by atoms with E-state index in [2.05, 4.69) is 154 Å². The molecule has 4 aromatic heterocycles. The zero-order valence-electron chi connectivity index (χ0n) is 27.5. The summed E-state index contributed by atoms with van der Waals surface area (Å²) >= 11 is 3.09. The Balaban J connectivity index is 0.937. The van der Waals surface area contributed by atoms with E-state index >= 15 is 0 Å². The second kappa shape index (κ2) is 12.7. The van der Waals surface area contributed by atoms with Gasteiger partial charge in [0.2, 0.25) is 0 Å². The summed E-state index contributed by atoms with van der Waals surface area (Å²) in [7, 11) is 0. The number of hydrogen-bond donors (Lipinski definition) is 0. The SMILES string of the molecule is c1cc(-c2nnc(-c3ccc4ccc(-c5nnc(-c6cccc(-c7cccc8ccccc78)n6)s5)cc4c3)s2)nc(-c2cccc3ccccc23)c1. The molecule has 0 atom stereocenters. The molecule has 0 fully saturated rings. The molecular weight excluding hydrogens is 677 g/mol. The second-order valence-electron chi connectivity index (χ2n) is 12.5. The van der Waals surface area contributed by atoms with Crippen molar-refractivity contribution >= 4 is 55.0 Å². The minimum atomic E-state index is 0.783. The van der Waals surface area contributed by atoms with Crippen LogP contribution in [0.2, 0.25) is 0 Å². The van der Waals surface area contributed by atoms with Crippen LogP contribution in [0.3, 0.4) is 0 Å². The highest BCUT2D eigenvalue weighted by Gasteiger charge is 2.15. The third-order valence-electron chi connectivity index (χ3n) is 9.25. The molecule has 0 radical (unpaired) electrons. The smallest absolute Gasteiger partial charge is 0.166 e. The Bertz CT molecular complexity index is 2740. The van der Waals surface area contributed by atoms with Crippen LogP contribution in [-0.4, -0.2) is 30.4 Å². The largest absolute Gasteiger partial charge is 0.245 e. The van der Waals surface area contributed by atoms with E-state index in [1.807, 2.05) is 24.3 Å². The Morgan fingerprint density at radius 2 is 0.731 bits per heavy atom. The van der Waals surface area contributed by atoms with E-state index in [1.165, 1.54) is 21.5 Å². The molecule has 0 saturated carbocycles. The Kier molecular flexibility index (Phi) is 7.41. The normalized spacial score (nSPS) is 11.5. The fourth-order valence-electron chi connectivity index (χ4n) is 6.70. The number of pyridine rings is 2. The van der Waals surface area contributed by atoms with Crippen LogP contribution < -0.4 is 0 Å². The molecule has 6 aromatic carbocycles. The van der Waals surface area contributed by atoms with Crippen LogP contribution in [0.4, 0.5) is 0 Å². The molecule has 0 aliphatic heterocycles. The van der Waals surface area contributed by atoms with Gasteiger partial charge in [-0.15, -0.1) is 20.4 Å². The van der Waals surface area contributed by atoms with E-state index in [4.69, 9.17) is 9.97 Å². The van der Waals surface area contributed by atoms with Crippen molar-refractivity contribution in [2.45, 2.75) is 0 Å². The first kappa shape index (κ1) is 30.4. The standard InChI is InChI=1S/C44H26N6S2/c1-3-13-33-28(9-1)11-5-15-35(33)37-17-7-19-39(45-37)43-49-47-41(51-43)30-23-21-27-22-24-31(26-32(27)25-30)42-48-50-44(52-42)40-20-8-18-38(46-40)36-16-6-12-29-10-2-4-14-34(29)36/h1-26H. The van der Waals surface area contributed by atoms with Crippen LogP contribution in [0.25, 0.3) is 97.4 Å². The summed E-state index contributed by atoms with van der Waals surface area (Å²) in [5.41, 5.74) is 7.65. The van der Waals surface area contributed by atoms with Gasteiger partial charge in [0.1, 0.15) is 21.4 Å². The van der Waals surface area contributed by atoms with Crippen molar-refractivity contribution in [1.29, 1.82) is 0 Å². The summed E-state index contributed by atoms with van der Waals surface area (Å²) in [5, 5.41) is 28.5. The Morgan fingerprint density at radius 3 is 1.25 bits per heavy atom. The van der Waals surface area contributed by atoms with Gasteiger partial charge in [0.05, 0.1) is 11.4 Å². The van der Waals surface area contributed by atoms with Gasteiger partial charge in [-0.2, -0.15) is 0 Å². The molecular formula is C44H26N6S2. The molecule has 6 nitrogen and oxygen atoms in total. The topological polar surface area (TPSA) is 77.3 Å². The molecule has 4 heterocycles. The highest BCUT2D eigenvalue weighted by Crippen LogP contribution is 2.36. The van der Waals surface area contributed by atoms with Crippen LogP contribution in [0.15, 0.2) is 158 Å². The average molecular weight is 703 g/mol. The van der Waals surface area contributed by atoms with Crippen LogP contribution in [0, 0.1) is 0 Å². The van der Waals surface area contributed by atoms with Crippen LogP contribution >= 0.6 is 22.7 Å². The minimum absolute atomic E-state index is 0.783. The third kappa shape index (κ3) is 5.51. The van der Waals surface area contributed by atoms with Crippen LogP contribution in [0.5, 0.6) is 0 Å². The molecule has 0 aliphatic rings. The molecule has 10 aromatic rings. The molecule has 244 valence electrons. The van der Waals surface area contributed by atoms with Crippen molar-refractivity contribution in [3.8, 4) is 65.1 Å². The van der Waals surface area contributed by atoms with E-state index in [9.17, 15) is 0 Å². The second-order valence-corrected chi connectivity index (χ2v) is 14.4. The molecule has 0 saturated heterocycles. The highest BCUT2D eigenvalue weighted by atomic mass is 32.1. The zero-order valence-corrected chi connectivity index (χ0v) is 29.1. The lowest BCUT2D eigenvalue weighted by Gasteiger charge is -2.07. The molecule has 0 bridgehead atoms. The zero-order chi connectivity index (χ0) is 34.4. The van der Waals surface area contributed by atoms with Crippen LogP contribution in [0.1, 0.15) is 0 Å². The maximum atomic E-state index is 5.01. The fraction of sp³-hybridized carbons (Fsp3) is 0. The van der Waals surface area contributed by atoms with Gasteiger partial charge in [0, 0.05) is 22.3 Å². The molecule has 0 unspecified atom stereocenters. The molecule has 0 aliphatic carbocycles. The van der Waals surface area contributed by atoms with Crippen molar-refractivity contribution in [3.63, 3.8) is 0 Å². The Morgan fingerprint density at radius 1 is 0.308 bits per heavy atom. The summed E-state index contributed by atoms with van der Waals surface area (Å²) < 4.78 is 0. The summed E-state index contributed by atoms with van der Waals surface area (Å²) in [5.74, 6) is 0. The lowest BCUT2D eigenvalue weighted by molar-refractivity contribution is 1.09. The number of aromatic nitrogens is 6. The molecule has 0 amide bonds. The lowest BCUT2D eigenvalue weighted by Crippen LogP contribution is -1.88. The van der Waals surface area contributed by atoms with Gasteiger partial charge in [0.25, 0.3) is 0 Å². The quantitative estimate of drug-likeness (QED) is 0.172. The van der Waals surface area contributed by atoms with E-state index in [0.29, 0.717) is 0 Å². The van der Waals surface area contributed by atoms with Gasteiger partial charge < -0.3 is 0 Å². The summed E-state index contributed by atoms with van der Waals surface area (Å²) in [6.45, 7) is 0. The van der Waals surface area contributed by atoms with Gasteiger partial charge in [-0.3, -0.25) is 0 Å². The van der Waals surface area contributed by atoms with Gasteiger partial charge >= 0.3 is 0 Å². The van der Waals surface area contributed by atoms with Gasteiger partial charge in [0.15, 0.2) is 10.0 Å². The summed E-state index contributed by atoms with van der Waals surface area (Å²) in [4.78, 5) is 10.0. The number of rotatable bonds is 6. The van der Waals surface area contributed by atoms with Gasteiger partial charge in [-0.1, -0.05) is 144 Å².